The Hall–Kier alpha value is -0.920. The number of hydrogen-bond donors (Lipinski definition) is 0. The largest absolute Gasteiger partial charge is 0.461 e. The molecule has 0 bridgehead atoms. The van der Waals surface area contributed by atoms with Gasteiger partial charge in [0.15, 0.2) is 4.34 Å². The first kappa shape index (κ1) is 13.5. The fourth-order valence-electron chi connectivity index (χ4n) is 1.08. The highest BCUT2D eigenvalue weighted by Crippen LogP contribution is 2.29. The SMILES string of the molecule is Cc1csc(Sc2nc(Cl)nc(OC(C)C)n2)n1. The van der Waals surface area contributed by atoms with Crippen LogP contribution in [0.1, 0.15) is 19.5 Å². The van der Waals surface area contributed by atoms with Gasteiger partial charge in [0.25, 0.3) is 0 Å². The van der Waals surface area contributed by atoms with Crippen LogP contribution in [0, 0.1) is 6.92 Å². The topological polar surface area (TPSA) is 60.8 Å². The third kappa shape index (κ3) is 3.79. The molecule has 0 amide bonds. The van der Waals surface area contributed by atoms with E-state index in [1.165, 1.54) is 23.1 Å². The lowest BCUT2D eigenvalue weighted by atomic mass is 10.5. The third-order valence-corrected chi connectivity index (χ3v) is 3.78. The molecule has 2 aromatic rings. The van der Waals surface area contributed by atoms with Crippen molar-refractivity contribution >= 4 is 34.7 Å². The van der Waals surface area contributed by atoms with Gasteiger partial charge in [-0.15, -0.1) is 11.3 Å². The van der Waals surface area contributed by atoms with E-state index in [0.717, 1.165) is 10.0 Å². The number of nitrogens with zero attached hydrogens (tertiary/aromatic N) is 4. The second-order valence-corrected chi connectivity index (χ2v) is 6.10. The second-order valence-electron chi connectivity index (χ2n) is 3.69. The summed E-state index contributed by atoms with van der Waals surface area (Å²) in [6.45, 7) is 5.73. The van der Waals surface area contributed by atoms with Crippen LogP contribution in [-0.2, 0) is 0 Å². The fourth-order valence-corrected chi connectivity index (χ4v) is 2.97. The molecule has 0 aliphatic rings. The van der Waals surface area contributed by atoms with E-state index in [1.54, 1.807) is 0 Å². The van der Waals surface area contributed by atoms with Crippen LogP contribution in [0.2, 0.25) is 5.28 Å². The summed E-state index contributed by atoms with van der Waals surface area (Å²) >= 11 is 8.71. The molecule has 0 aromatic carbocycles. The molecule has 0 aliphatic carbocycles. The van der Waals surface area contributed by atoms with Gasteiger partial charge in [-0.25, -0.2) is 4.98 Å². The van der Waals surface area contributed by atoms with Crippen LogP contribution in [-0.4, -0.2) is 26.0 Å². The summed E-state index contributed by atoms with van der Waals surface area (Å²) in [7, 11) is 0. The van der Waals surface area contributed by atoms with Crippen LogP contribution in [0.3, 0.4) is 0 Å². The Bertz CT molecular complexity index is 546. The van der Waals surface area contributed by atoms with Crippen molar-refractivity contribution in [3.63, 3.8) is 0 Å². The van der Waals surface area contributed by atoms with Gasteiger partial charge in [0.1, 0.15) is 0 Å². The number of rotatable bonds is 4. The maximum Gasteiger partial charge on any atom is 0.322 e. The van der Waals surface area contributed by atoms with Gasteiger partial charge in [-0.3, -0.25) is 0 Å². The van der Waals surface area contributed by atoms with Gasteiger partial charge in [0.2, 0.25) is 10.4 Å². The van der Waals surface area contributed by atoms with Crippen molar-refractivity contribution in [1.82, 2.24) is 19.9 Å². The highest BCUT2D eigenvalue weighted by Gasteiger charge is 2.10. The van der Waals surface area contributed by atoms with Gasteiger partial charge in [-0.2, -0.15) is 15.0 Å². The third-order valence-electron chi connectivity index (χ3n) is 1.68. The van der Waals surface area contributed by atoms with Crippen molar-refractivity contribution in [3.05, 3.63) is 16.4 Å². The molecule has 0 radical (unpaired) electrons. The van der Waals surface area contributed by atoms with E-state index in [2.05, 4.69) is 19.9 Å². The molecule has 0 unspecified atom stereocenters. The molecule has 0 atom stereocenters. The summed E-state index contributed by atoms with van der Waals surface area (Å²) in [5.41, 5.74) is 0.973. The molecule has 2 aromatic heterocycles. The Balaban J connectivity index is 2.19. The van der Waals surface area contributed by atoms with Crippen LogP contribution < -0.4 is 4.74 Å². The molecule has 18 heavy (non-hydrogen) atoms. The van der Waals surface area contributed by atoms with Gasteiger partial charge < -0.3 is 4.74 Å². The van der Waals surface area contributed by atoms with Crippen LogP contribution in [0.5, 0.6) is 6.01 Å². The van der Waals surface area contributed by atoms with Gasteiger partial charge in [-0.05, 0) is 44.1 Å². The Morgan fingerprint density at radius 3 is 2.67 bits per heavy atom. The monoisotopic (exact) mass is 302 g/mol. The minimum atomic E-state index is -0.0107. The number of thiazole rings is 1. The second kappa shape index (κ2) is 5.81. The van der Waals surface area contributed by atoms with Crippen molar-refractivity contribution in [3.8, 4) is 6.01 Å². The van der Waals surface area contributed by atoms with Crippen molar-refractivity contribution in [1.29, 1.82) is 0 Å². The lowest BCUT2D eigenvalue weighted by Gasteiger charge is -2.07. The zero-order valence-corrected chi connectivity index (χ0v) is 12.4. The van der Waals surface area contributed by atoms with E-state index < -0.39 is 0 Å². The summed E-state index contributed by atoms with van der Waals surface area (Å²) in [4.78, 5) is 16.5. The average Bonchev–Trinajstić information content (AvgIpc) is 2.61. The predicted octanol–water partition coefficient (Wildman–Crippen LogP) is 3.23. The van der Waals surface area contributed by atoms with E-state index in [0.29, 0.717) is 5.16 Å². The fraction of sp³-hybridized carbons (Fsp3) is 0.400. The minimum Gasteiger partial charge on any atom is -0.461 e. The summed E-state index contributed by atoms with van der Waals surface area (Å²) in [5, 5.41) is 2.58. The van der Waals surface area contributed by atoms with Crippen LogP contribution in [0.25, 0.3) is 0 Å². The molecular weight excluding hydrogens is 292 g/mol. The van der Waals surface area contributed by atoms with Gasteiger partial charge in [-0.1, -0.05) is 0 Å². The highest BCUT2D eigenvalue weighted by atomic mass is 35.5. The summed E-state index contributed by atoms with van der Waals surface area (Å²) in [6, 6.07) is 0.237. The maximum atomic E-state index is 5.83. The molecule has 0 spiro atoms. The van der Waals surface area contributed by atoms with Gasteiger partial charge >= 0.3 is 6.01 Å². The quantitative estimate of drug-likeness (QED) is 0.864. The van der Waals surface area contributed by atoms with E-state index in [9.17, 15) is 0 Å². The Kier molecular flexibility index (Phi) is 4.36. The summed E-state index contributed by atoms with van der Waals surface area (Å²) < 4.78 is 6.27. The van der Waals surface area contributed by atoms with E-state index in [4.69, 9.17) is 16.3 Å². The first-order valence-electron chi connectivity index (χ1n) is 5.21. The van der Waals surface area contributed by atoms with Crippen LogP contribution in [0.4, 0.5) is 0 Å². The number of halogens is 1. The first-order chi connectivity index (χ1) is 8.52. The van der Waals surface area contributed by atoms with E-state index in [1.807, 2.05) is 26.2 Å². The number of hydrogen-bond acceptors (Lipinski definition) is 7. The van der Waals surface area contributed by atoms with Crippen LogP contribution in [0.15, 0.2) is 14.9 Å². The van der Waals surface area contributed by atoms with Crippen LogP contribution >= 0.6 is 34.7 Å². The summed E-state index contributed by atoms with van der Waals surface area (Å²) in [6.07, 6.45) is -0.0107. The molecule has 0 aliphatic heterocycles. The molecule has 0 saturated heterocycles. The van der Waals surface area contributed by atoms with Gasteiger partial charge in [0.05, 0.1) is 6.10 Å². The van der Waals surface area contributed by atoms with Crippen molar-refractivity contribution in [2.45, 2.75) is 36.4 Å². The van der Waals surface area contributed by atoms with E-state index in [-0.39, 0.29) is 17.4 Å². The molecule has 0 N–H and O–H groups in total. The predicted molar refractivity (Wildman–Crippen MR) is 71.6 cm³/mol. The molecule has 5 nitrogen and oxygen atoms in total. The lowest BCUT2D eigenvalue weighted by molar-refractivity contribution is 0.219. The Labute approximate surface area is 118 Å². The highest BCUT2D eigenvalue weighted by molar-refractivity contribution is 8.00. The molecule has 8 heteroatoms. The molecule has 2 heterocycles. The minimum absolute atomic E-state index is 0.0107. The number of ether oxygens (including phenoxy) is 1. The van der Waals surface area contributed by atoms with Crippen molar-refractivity contribution < 1.29 is 4.74 Å². The Morgan fingerprint density at radius 1 is 1.28 bits per heavy atom. The standard InChI is InChI=1S/C10H11ClN4OS2/c1-5(2)16-8-13-7(11)14-9(15-8)18-10-12-6(3)4-17-10/h4-5H,1-3H3. The zero-order valence-electron chi connectivity index (χ0n) is 10.0. The van der Waals surface area contributed by atoms with Crippen molar-refractivity contribution in [2.24, 2.45) is 0 Å². The zero-order chi connectivity index (χ0) is 13.1. The smallest absolute Gasteiger partial charge is 0.322 e. The lowest BCUT2D eigenvalue weighted by Crippen LogP contribution is -2.09. The molecule has 0 fully saturated rings. The first-order valence-corrected chi connectivity index (χ1v) is 7.28. The maximum absolute atomic E-state index is 5.83. The summed E-state index contributed by atoms with van der Waals surface area (Å²) in [5.74, 6) is 0. The Morgan fingerprint density at radius 2 is 2.06 bits per heavy atom. The number of aromatic nitrogens is 4. The van der Waals surface area contributed by atoms with E-state index >= 15 is 0 Å². The molecular formula is C10H11ClN4OS2. The molecule has 96 valence electrons. The normalized spacial score (nSPS) is 10.9. The average molecular weight is 303 g/mol. The van der Waals surface area contributed by atoms with Gasteiger partial charge in [0, 0.05) is 11.1 Å². The molecule has 0 saturated carbocycles. The van der Waals surface area contributed by atoms with Crippen molar-refractivity contribution in [2.75, 3.05) is 0 Å². The number of aryl methyl sites for hydroxylation is 1. The molecule has 2 rings (SSSR count).